The summed E-state index contributed by atoms with van der Waals surface area (Å²) in [5, 5.41) is 23.2. The topological polar surface area (TPSA) is 119 Å². The zero-order chi connectivity index (χ0) is 15.3. The first-order chi connectivity index (χ1) is 9.42. The summed E-state index contributed by atoms with van der Waals surface area (Å²) < 4.78 is 1.82. The third-order valence-electron chi connectivity index (χ3n) is 2.71. The number of nitrogens with zero attached hydrogens (tertiary/aromatic N) is 3. The van der Waals surface area contributed by atoms with Gasteiger partial charge in [-0.15, -0.1) is 0 Å². The van der Waals surface area contributed by atoms with Crippen molar-refractivity contribution in [2.75, 3.05) is 13.6 Å². The summed E-state index contributed by atoms with van der Waals surface area (Å²) in [6.07, 6.45) is 0.561. The third kappa shape index (κ3) is 3.52. The highest BCUT2D eigenvalue weighted by atomic mass is 16.6. The Hall–Kier alpha value is -2.00. The van der Waals surface area contributed by atoms with Crippen LogP contribution in [0.2, 0.25) is 0 Å². The van der Waals surface area contributed by atoms with Gasteiger partial charge in [-0.1, -0.05) is 6.92 Å². The van der Waals surface area contributed by atoms with Crippen molar-refractivity contribution in [3.63, 3.8) is 0 Å². The van der Waals surface area contributed by atoms with E-state index in [9.17, 15) is 24.8 Å². The molecule has 1 rings (SSSR count). The molecule has 0 spiro atoms. The quantitative estimate of drug-likeness (QED) is 0.485. The Labute approximate surface area is 114 Å². The van der Waals surface area contributed by atoms with Gasteiger partial charge in [-0.05, 0) is 13.5 Å². The highest BCUT2D eigenvalue weighted by molar-refractivity contribution is 5.21. The molecular weight excluding hydrogens is 268 g/mol. The Kier molecular flexibility index (Phi) is 5.59. The summed E-state index contributed by atoms with van der Waals surface area (Å²) in [5.74, 6) is 0. The minimum atomic E-state index is -0.998. The van der Waals surface area contributed by atoms with Crippen LogP contribution >= 0.6 is 0 Å². The van der Waals surface area contributed by atoms with Crippen molar-refractivity contribution in [3.05, 3.63) is 37.1 Å². The van der Waals surface area contributed by atoms with Gasteiger partial charge < -0.3 is 10.4 Å². The number of rotatable bonds is 7. The Morgan fingerprint density at radius 1 is 1.50 bits per heavy atom. The summed E-state index contributed by atoms with van der Waals surface area (Å²) in [7, 11) is 1.61. The average Bonchev–Trinajstić information content (AvgIpc) is 2.38. The maximum atomic E-state index is 12.1. The molecule has 0 aliphatic heterocycles. The fourth-order valence-electron chi connectivity index (χ4n) is 1.84. The Morgan fingerprint density at radius 2 is 2.15 bits per heavy atom. The van der Waals surface area contributed by atoms with E-state index in [1.807, 2.05) is 6.92 Å². The van der Waals surface area contributed by atoms with Gasteiger partial charge in [0.15, 0.2) is 0 Å². The number of hydrogen-bond acceptors (Lipinski definition) is 6. The minimum Gasteiger partial charge on any atom is -0.390 e. The van der Waals surface area contributed by atoms with E-state index >= 15 is 0 Å². The summed E-state index contributed by atoms with van der Waals surface area (Å²) in [6.45, 7) is 1.96. The third-order valence-corrected chi connectivity index (χ3v) is 2.71. The molecule has 1 heterocycles. The molecule has 0 fully saturated rings. The molecular formula is C11H18N4O5. The van der Waals surface area contributed by atoms with E-state index in [4.69, 9.17) is 0 Å². The highest BCUT2D eigenvalue weighted by Crippen LogP contribution is 2.01. The van der Waals surface area contributed by atoms with Crippen molar-refractivity contribution in [1.82, 2.24) is 14.5 Å². The van der Waals surface area contributed by atoms with Crippen LogP contribution in [0.3, 0.4) is 0 Å². The number of hydrogen-bond donors (Lipinski definition) is 2. The van der Waals surface area contributed by atoms with E-state index in [0.717, 1.165) is 10.8 Å². The second-order valence-electron chi connectivity index (χ2n) is 4.37. The molecule has 0 saturated carbocycles. The lowest BCUT2D eigenvalue weighted by Gasteiger charge is -2.13. The van der Waals surface area contributed by atoms with Gasteiger partial charge in [0.2, 0.25) is 0 Å². The van der Waals surface area contributed by atoms with Crippen LogP contribution in [0.4, 0.5) is 5.69 Å². The Bertz CT molecular complexity index is 591. The van der Waals surface area contributed by atoms with Crippen molar-refractivity contribution in [1.29, 1.82) is 0 Å². The molecule has 9 nitrogen and oxygen atoms in total. The van der Waals surface area contributed by atoms with E-state index < -0.39 is 28.0 Å². The minimum absolute atomic E-state index is 0.169. The largest absolute Gasteiger partial charge is 0.390 e. The van der Waals surface area contributed by atoms with Crippen molar-refractivity contribution < 1.29 is 10.0 Å². The molecule has 1 aromatic rings. The van der Waals surface area contributed by atoms with E-state index in [1.165, 1.54) is 0 Å². The number of likely N-dealkylation sites (N-methyl/N-ethyl adjacent to an activating group) is 1. The van der Waals surface area contributed by atoms with E-state index in [1.54, 1.807) is 7.05 Å². The van der Waals surface area contributed by atoms with Gasteiger partial charge in [0.1, 0.15) is 0 Å². The molecule has 20 heavy (non-hydrogen) atoms. The molecule has 2 N–H and O–H groups in total. The zero-order valence-corrected chi connectivity index (χ0v) is 11.4. The van der Waals surface area contributed by atoms with E-state index in [-0.39, 0.29) is 19.6 Å². The first-order valence-electron chi connectivity index (χ1n) is 6.23. The van der Waals surface area contributed by atoms with Gasteiger partial charge in [0.05, 0.1) is 23.8 Å². The second kappa shape index (κ2) is 6.96. The molecule has 1 atom stereocenters. The fraction of sp³-hybridized carbons (Fsp3) is 0.636. The van der Waals surface area contributed by atoms with Crippen LogP contribution in [0.25, 0.3) is 0 Å². The maximum Gasteiger partial charge on any atom is 0.350 e. The van der Waals surface area contributed by atoms with Crippen LogP contribution < -0.4 is 16.6 Å². The van der Waals surface area contributed by atoms with Gasteiger partial charge in [0.25, 0.3) is 0 Å². The monoisotopic (exact) mass is 286 g/mol. The SMILES string of the molecule is CCCn1cc([N+](=O)[O-])c(=O)n(CC(O)CNC)c1=O. The van der Waals surface area contributed by atoms with Crippen molar-refractivity contribution in [3.8, 4) is 0 Å². The zero-order valence-electron chi connectivity index (χ0n) is 11.4. The molecule has 0 aromatic carbocycles. The molecule has 0 aliphatic rings. The predicted octanol–water partition coefficient (Wildman–Crippen LogP) is -1.09. The smallest absolute Gasteiger partial charge is 0.350 e. The number of aliphatic hydroxyl groups excluding tert-OH is 1. The number of aromatic nitrogens is 2. The lowest BCUT2D eigenvalue weighted by molar-refractivity contribution is -0.387. The van der Waals surface area contributed by atoms with Crippen LogP contribution in [0.15, 0.2) is 15.8 Å². The van der Waals surface area contributed by atoms with Gasteiger partial charge >= 0.3 is 16.9 Å². The van der Waals surface area contributed by atoms with Crippen LogP contribution in [0, 0.1) is 10.1 Å². The Morgan fingerprint density at radius 3 is 2.65 bits per heavy atom. The summed E-state index contributed by atoms with van der Waals surface area (Å²) in [6, 6.07) is 0. The van der Waals surface area contributed by atoms with Crippen molar-refractivity contribution in [2.24, 2.45) is 0 Å². The molecule has 0 saturated heterocycles. The van der Waals surface area contributed by atoms with Crippen molar-refractivity contribution in [2.45, 2.75) is 32.5 Å². The molecule has 0 amide bonds. The van der Waals surface area contributed by atoms with Gasteiger partial charge in [-0.2, -0.15) is 0 Å². The first-order valence-corrected chi connectivity index (χ1v) is 6.23. The second-order valence-corrected chi connectivity index (χ2v) is 4.37. The van der Waals surface area contributed by atoms with Crippen LogP contribution in [-0.2, 0) is 13.1 Å². The van der Waals surface area contributed by atoms with Crippen LogP contribution in [0.1, 0.15) is 13.3 Å². The molecule has 0 aliphatic carbocycles. The molecule has 1 unspecified atom stereocenters. The van der Waals surface area contributed by atoms with Crippen molar-refractivity contribution >= 4 is 5.69 Å². The average molecular weight is 286 g/mol. The highest BCUT2D eigenvalue weighted by Gasteiger charge is 2.21. The number of nitrogens with one attached hydrogen (secondary N) is 1. The van der Waals surface area contributed by atoms with Gasteiger partial charge in [0, 0.05) is 13.1 Å². The normalized spacial score (nSPS) is 12.3. The maximum absolute atomic E-state index is 12.1. The fourth-order valence-corrected chi connectivity index (χ4v) is 1.84. The van der Waals surface area contributed by atoms with E-state index in [2.05, 4.69) is 5.32 Å². The molecule has 1 aromatic heterocycles. The van der Waals surface area contributed by atoms with Crippen LogP contribution in [-0.4, -0.2) is 38.9 Å². The summed E-state index contributed by atoms with van der Waals surface area (Å²) in [5.41, 5.74) is -2.32. The lowest BCUT2D eigenvalue weighted by Crippen LogP contribution is -2.44. The first kappa shape index (κ1) is 16.1. The standard InChI is InChI=1S/C11H18N4O5/c1-3-4-13-7-9(15(19)20)10(17)14(11(13)18)6-8(16)5-12-2/h7-8,12,16H,3-6H2,1-2H3. The molecule has 9 heteroatoms. The Balaban J connectivity index is 3.36. The summed E-state index contributed by atoms with van der Waals surface area (Å²) >= 11 is 0. The number of aryl methyl sites for hydroxylation is 1. The molecule has 0 bridgehead atoms. The van der Waals surface area contributed by atoms with Gasteiger partial charge in [-0.25, -0.2) is 4.79 Å². The number of nitro groups is 1. The molecule has 0 radical (unpaired) electrons. The summed E-state index contributed by atoms with van der Waals surface area (Å²) in [4.78, 5) is 34.0. The molecule has 112 valence electrons. The van der Waals surface area contributed by atoms with Gasteiger partial charge in [-0.3, -0.25) is 24.0 Å². The van der Waals surface area contributed by atoms with E-state index in [0.29, 0.717) is 11.0 Å². The number of aliphatic hydroxyl groups is 1. The van der Waals surface area contributed by atoms with Crippen LogP contribution in [0.5, 0.6) is 0 Å². The predicted molar refractivity (Wildman–Crippen MR) is 71.8 cm³/mol. The lowest BCUT2D eigenvalue weighted by atomic mass is 10.3.